The maximum Gasteiger partial charge on any atom is 0.224 e. The Balaban J connectivity index is 1.52. The number of nitrogens with two attached hydrogens (primary N) is 2. The molecule has 118 valence electrons. The molecule has 0 saturated carbocycles. The zero-order valence-corrected chi connectivity index (χ0v) is 12.6. The van der Waals surface area contributed by atoms with Gasteiger partial charge in [0, 0.05) is 31.4 Å². The third-order valence-electron chi connectivity index (χ3n) is 4.20. The Bertz CT molecular complexity index is 828. The number of rotatable bonds is 3. The molecule has 1 fully saturated rings. The smallest absolute Gasteiger partial charge is 0.224 e. The zero-order valence-electron chi connectivity index (χ0n) is 12.6. The van der Waals surface area contributed by atoms with Crippen molar-refractivity contribution in [3.05, 3.63) is 35.9 Å². The van der Waals surface area contributed by atoms with Crippen LogP contribution in [0, 0.1) is 0 Å². The highest BCUT2D eigenvalue weighted by atomic mass is 15.2. The van der Waals surface area contributed by atoms with E-state index in [4.69, 9.17) is 11.5 Å². The topological polar surface area (TPSA) is 123 Å². The van der Waals surface area contributed by atoms with E-state index in [0.717, 1.165) is 31.9 Å². The molecule has 0 aliphatic carbocycles. The van der Waals surface area contributed by atoms with Gasteiger partial charge in [-0.15, -0.1) is 0 Å². The summed E-state index contributed by atoms with van der Waals surface area (Å²) in [6.07, 6.45) is 4.75. The number of imidazole rings is 1. The Labute approximate surface area is 133 Å². The summed E-state index contributed by atoms with van der Waals surface area (Å²) in [6, 6.07) is 4.06. The first-order valence-corrected chi connectivity index (χ1v) is 7.59. The maximum atomic E-state index is 5.88. The molecule has 8 heteroatoms. The lowest BCUT2D eigenvalue weighted by molar-refractivity contribution is 0.325. The molecule has 0 amide bonds. The SMILES string of the molecule is Nc1nc(N)c2[nH]c(C3CCN(Cc4cccnc4)C3)nc2n1. The molecule has 1 aliphatic rings. The second-order valence-electron chi connectivity index (χ2n) is 5.87. The number of hydrogen-bond donors (Lipinski definition) is 3. The number of nitrogen functional groups attached to an aromatic ring is 2. The molecule has 5 N–H and O–H groups in total. The Kier molecular flexibility index (Phi) is 3.30. The van der Waals surface area contributed by atoms with Crippen LogP contribution in [0.1, 0.15) is 23.7 Å². The maximum absolute atomic E-state index is 5.88. The first kappa shape index (κ1) is 13.9. The van der Waals surface area contributed by atoms with E-state index >= 15 is 0 Å². The van der Waals surface area contributed by atoms with Gasteiger partial charge in [0.2, 0.25) is 5.95 Å². The van der Waals surface area contributed by atoms with Crippen LogP contribution in [0.15, 0.2) is 24.5 Å². The van der Waals surface area contributed by atoms with E-state index < -0.39 is 0 Å². The quantitative estimate of drug-likeness (QED) is 0.656. The van der Waals surface area contributed by atoms with Gasteiger partial charge >= 0.3 is 0 Å². The number of pyridine rings is 1. The number of nitrogens with one attached hydrogen (secondary N) is 1. The largest absolute Gasteiger partial charge is 0.382 e. The number of likely N-dealkylation sites (tertiary alicyclic amines) is 1. The van der Waals surface area contributed by atoms with Gasteiger partial charge in [-0.05, 0) is 24.6 Å². The summed E-state index contributed by atoms with van der Waals surface area (Å²) < 4.78 is 0. The zero-order chi connectivity index (χ0) is 15.8. The van der Waals surface area contributed by atoms with Crippen molar-refractivity contribution in [2.45, 2.75) is 18.9 Å². The molecule has 0 aromatic carbocycles. The van der Waals surface area contributed by atoms with Gasteiger partial charge in [-0.25, -0.2) is 4.98 Å². The predicted molar refractivity (Wildman–Crippen MR) is 87.4 cm³/mol. The van der Waals surface area contributed by atoms with Gasteiger partial charge in [0.25, 0.3) is 0 Å². The van der Waals surface area contributed by atoms with Crippen molar-refractivity contribution in [2.75, 3.05) is 24.6 Å². The molecule has 1 unspecified atom stereocenters. The van der Waals surface area contributed by atoms with Crippen LogP contribution in [0.5, 0.6) is 0 Å². The third-order valence-corrected chi connectivity index (χ3v) is 4.20. The molecule has 0 bridgehead atoms. The summed E-state index contributed by atoms with van der Waals surface area (Å²) >= 11 is 0. The van der Waals surface area contributed by atoms with E-state index in [-0.39, 0.29) is 5.95 Å². The third kappa shape index (κ3) is 2.68. The van der Waals surface area contributed by atoms with Gasteiger partial charge in [-0.1, -0.05) is 6.07 Å². The van der Waals surface area contributed by atoms with Crippen LogP contribution in [-0.4, -0.2) is 42.9 Å². The minimum Gasteiger partial charge on any atom is -0.382 e. The minimum atomic E-state index is 0.151. The Hall–Kier alpha value is -2.74. The van der Waals surface area contributed by atoms with Crippen LogP contribution in [-0.2, 0) is 6.54 Å². The summed E-state index contributed by atoms with van der Waals surface area (Å²) in [7, 11) is 0. The van der Waals surface area contributed by atoms with Crippen molar-refractivity contribution in [1.82, 2.24) is 29.8 Å². The van der Waals surface area contributed by atoms with Crippen LogP contribution >= 0.6 is 0 Å². The lowest BCUT2D eigenvalue weighted by Crippen LogP contribution is -2.20. The van der Waals surface area contributed by atoms with E-state index in [1.807, 2.05) is 12.3 Å². The molecule has 8 nitrogen and oxygen atoms in total. The summed E-state index contributed by atoms with van der Waals surface area (Å²) in [4.78, 5) is 22.5. The molecule has 3 aromatic heterocycles. The fraction of sp³-hybridized carbons (Fsp3) is 0.333. The van der Waals surface area contributed by atoms with Crippen LogP contribution < -0.4 is 11.5 Å². The van der Waals surface area contributed by atoms with Gasteiger partial charge in [0.15, 0.2) is 11.5 Å². The van der Waals surface area contributed by atoms with E-state index in [2.05, 4.69) is 35.9 Å². The van der Waals surface area contributed by atoms with E-state index in [0.29, 0.717) is 22.9 Å². The average Bonchev–Trinajstić information content (AvgIpc) is 3.15. The number of aromatic nitrogens is 5. The van der Waals surface area contributed by atoms with E-state index in [1.54, 1.807) is 6.20 Å². The lowest BCUT2D eigenvalue weighted by atomic mass is 10.1. The van der Waals surface area contributed by atoms with Crippen molar-refractivity contribution < 1.29 is 0 Å². The normalized spacial score (nSPS) is 18.7. The fourth-order valence-electron chi connectivity index (χ4n) is 3.10. The number of H-pyrrole nitrogens is 1. The number of aromatic amines is 1. The van der Waals surface area contributed by atoms with Gasteiger partial charge < -0.3 is 16.5 Å². The molecule has 4 rings (SSSR count). The molecule has 4 heterocycles. The molecule has 1 atom stereocenters. The molecule has 1 saturated heterocycles. The lowest BCUT2D eigenvalue weighted by Gasteiger charge is -2.15. The number of fused-ring (bicyclic) bond motifs is 1. The average molecular weight is 310 g/mol. The first-order chi connectivity index (χ1) is 11.2. The fourth-order valence-corrected chi connectivity index (χ4v) is 3.10. The van der Waals surface area contributed by atoms with Crippen LogP contribution in [0.2, 0.25) is 0 Å². The summed E-state index contributed by atoms with van der Waals surface area (Å²) in [5.74, 6) is 1.73. The Morgan fingerprint density at radius 3 is 3.00 bits per heavy atom. The van der Waals surface area contributed by atoms with Crippen LogP contribution in [0.25, 0.3) is 11.2 Å². The van der Waals surface area contributed by atoms with Crippen molar-refractivity contribution in [1.29, 1.82) is 0 Å². The van der Waals surface area contributed by atoms with Gasteiger partial charge in [0.1, 0.15) is 11.3 Å². The second kappa shape index (κ2) is 5.47. The predicted octanol–water partition coefficient (Wildman–Crippen LogP) is 0.902. The Morgan fingerprint density at radius 2 is 2.17 bits per heavy atom. The van der Waals surface area contributed by atoms with E-state index in [9.17, 15) is 0 Å². The number of hydrogen-bond acceptors (Lipinski definition) is 7. The standard InChI is InChI=1S/C15H18N8/c16-12-11-14(22-15(17)20-12)21-13(19-11)10-3-5-23(8-10)7-9-2-1-4-18-6-9/h1-2,4,6,10H,3,5,7-8H2,(H5,16,17,19,20,21,22). The highest BCUT2D eigenvalue weighted by Crippen LogP contribution is 2.28. The second-order valence-corrected chi connectivity index (χ2v) is 5.87. The molecule has 1 aliphatic heterocycles. The van der Waals surface area contributed by atoms with E-state index in [1.165, 1.54) is 5.56 Å². The minimum absolute atomic E-state index is 0.151. The molecule has 23 heavy (non-hydrogen) atoms. The van der Waals surface area contributed by atoms with Gasteiger partial charge in [-0.2, -0.15) is 9.97 Å². The van der Waals surface area contributed by atoms with Gasteiger partial charge in [-0.3, -0.25) is 9.88 Å². The molecular weight excluding hydrogens is 292 g/mol. The van der Waals surface area contributed by atoms with Crippen molar-refractivity contribution in [2.24, 2.45) is 0 Å². The highest BCUT2D eigenvalue weighted by Gasteiger charge is 2.27. The summed E-state index contributed by atoms with van der Waals surface area (Å²) in [5, 5.41) is 0. The molecule has 0 radical (unpaired) electrons. The van der Waals surface area contributed by atoms with Crippen LogP contribution in [0.4, 0.5) is 11.8 Å². The Morgan fingerprint density at radius 1 is 1.26 bits per heavy atom. The number of anilines is 2. The molecule has 3 aromatic rings. The summed E-state index contributed by atoms with van der Waals surface area (Å²) in [5.41, 5.74) is 13.9. The van der Waals surface area contributed by atoms with Gasteiger partial charge in [0.05, 0.1) is 0 Å². The molecule has 0 spiro atoms. The highest BCUT2D eigenvalue weighted by molar-refractivity contribution is 5.82. The summed E-state index contributed by atoms with van der Waals surface area (Å²) in [6.45, 7) is 2.87. The van der Waals surface area contributed by atoms with Crippen LogP contribution in [0.3, 0.4) is 0 Å². The van der Waals surface area contributed by atoms with Crippen molar-refractivity contribution in [3.63, 3.8) is 0 Å². The monoisotopic (exact) mass is 310 g/mol. The van der Waals surface area contributed by atoms with Crippen molar-refractivity contribution >= 4 is 22.9 Å². The molecular formula is C15H18N8. The number of nitrogens with zero attached hydrogens (tertiary/aromatic N) is 5. The van der Waals surface area contributed by atoms with Crippen molar-refractivity contribution in [3.8, 4) is 0 Å². The first-order valence-electron chi connectivity index (χ1n) is 7.59.